The number of pyridine rings is 1. The Morgan fingerprint density at radius 2 is 1.63 bits per heavy atom. The van der Waals surface area contributed by atoms with Crippen LogP contribution in [-0.4, -0.2) is 72.2 Å². The molecule has 2 aliphatic rings. The van der Waals surface area contributed by atoms with E-state index in [-0.39, 0.29) is 18.3 Å². The second-order valence-electron chi connectivity index (χ2n) is 13.9. The fourth-order valence-electron chi connectivity index (χ4n) is 7.77. The molecule has 0 saturated carbocycles. The summed E-state index contributed by atoms with van der Waals surface area (Å²) in [5.41, 5.74) is 9.11. The van der Waals surface area contributed by atoms with Gasteiger partial charge in [-0.25, -0.2) is 9.97 Å². The second kappa shape index (κ2) is 15.0. The Morgan fingerprint density at radius 1 is 0.904 bits per heavy atom. The molecule has 52 heavy (non-hydrogen) atoms. The maximum Gasteiger partial charge on any atom is 0.387 e. The molecule has 0 amide bonds. The summed E-state index contributed by atoms with van der Waals surface area (Å²) in [4.78, 5) is 26.5. The third-order valence-corrected chi connectivity index (χ3v) is 10.5. The Kier molecular flexibility index (Phi) is 10.3. The van der Waals surface area contributed by atoms with E-state index in [0.29, 0.717) is 47.3 Å². The number of alkyl halides is 2. The quantitative estimate of drug-likeness (QED) is 0.125. The average Bonchev–Trinajstić information content (AvgIpc) is 3.88. The number of oxazole rings is 1. The van der Waals surface area contributed by atoms with Crippen LogP contribution in [0.3, 0.4) is 0 Å². The van der Waals surface area contributed by atoms with Gasteiger partial charge in [0.15, 0.2) is 5.58 Å². The number of rotatable bonds is 11. The summed E-state index contributed by atoms with van der Waals surface area (Å²) in [6.07, 6.45) is 2.65. The first kappa shape index (κ1) is 35.5. The molecule has 0 aliphatic carbocycles. The molecule has 2 aliphatic heterocycles. The van der Waals surface area contributed by atoms with Crippen molar-refractivity contribution in [2.45, 2.75) is 65.8 Å². The predicted molar refractivity (Wildman–Crippen MR) is 195 cm³/mol. The van der Waals surface area contributed by atoms with Crippen molar-refractivity contribution in [2.24, 2.45) is 5.92 Å². The molecule has 2 saturated heterocycles. The minimum Gasteiger partial charge on any atom is -0.481 e. The summed E-state index contributed by atoms with van der Waals surface area (Å²) < 4.78 is 49.0. The predicted octanol–water partition coefficient (Wildman–Crippen LogP) is 8.43. The zero-order valence-corrected chi connectivity index (χ0v) is 30.2. The van der Waals surface area contributed by atoms with Crippen molar-refractivity contribution >= 4 is 17.1 Å². The molecule has 7 rings (SSSR count). The molecule has 5 aromatic rings. The summed E-state index contributed by atoms with van der Waals surface area (Å²) in [5.74, 6) is 1.36. The Morgan fingerprint density at radius 3 is 2.33 bits per heavy atom. The number of halogens is 2. The Bertz CT molecular complexity index is 2100. The minimum absolute atomic E-state index is 0.0115. The van der Waals surface area contributed by atoms with E-state index < -0.39 is 12.7 Å². The van der Waals surface area contributed by atoms with Crippen LogP contribution >= 0.6 is 0 Å². The lowest BCUT2D eigenvalue weighted by molar-refractivity contribution is -0.146. The second-order valence-corrected chi connectivity index (χ2v) is 13.9. The zero-order valence-electron chi connectivity index (χ0n) is 30.2. The highest BCUT2D eigenvalue weighted by Crippen LogP contribution is 2.39. The van der Waals surface area contributed by atoms with E-state index in [4.69, 9.17) is 28.6 Å². The molecule has 272 valence electrons. The topological polar surface area (TPSA) is 90.2 Å². The number of esters is 1. The zero-order chi connectivity index (χ0) is 36.5. The Labute approximate surface area is 302 Å². The number of hydrogen-bond acceptors (Lipinski definition) is 9. The molecule has 11 heteroatoms. The first-order valence-electron chi connectivity index (χ1n) is 17.8. The van der Waals surface area contributed by atoms with E-state index in [9.17, 15) is 13.6 Å². The number of carbonyl (C=O) groups excluding carboxylic acids is 1. The van der Waals surface area contributed by atoms with Crippen LogP contribution in [0, 0.1) is 19.8 Å². The molecule has 3 aromatic carbocycles. The third-order valence-electron chi connectivity index (χ3n) is 10.5. The number of fused-ring (bicyclic) bond motifs is 1. The van der Waals surface area contributed by atoms with Gasteiger partial charge in [0.25, 0.3) is 0 Å². The summed E-state index contributed by atoms with van der Waals surface area (Å²) >= 11 is 0. The largest absolute Gasteiger partial charge is 0.481 e. The normalized spacial score (nSPS) is 18.1. The number of aromatic nitrogens is 2. The van der Waals surface area contributed by atoms with Crippen LogP contribution in [-0.2, 0) is 22.6 Å². The van der Waals surface area contributed by atoms with E-state index in [1.54, 1.807) is 13.2 Å². The molecule has 4 heterocycles. The summed E-state index contributed by atoms with van der Waals surface area (Å²) in [6, 6.07) is 19.1. The minimum atomic E-state index is -3.03. The SMILES string of the molecule is COC(=O)[C@@H]1CCCN1Cc1cc2nc(-c3cccc(-c4cccc(-c5ccc(CN6CC[C@H](C)C6)c(OC)n5)c4C)c3C)oc2cc1OC(F)F. The molecular formula is C41H44F2N4O5. The summed E-state index contributed by atoms with van der Waals surface area (Å²) in [5, 5.41) is 0. The third kappa shape index (κ3) is 7.12. The molecule has 2 fully saturated rings. The maximum atomic E-state index is 13.5. The van der Waals surface area contributed by atoms with Gasteiger partial charge in [0.1, 0.15) is 17.3 Å². The molecular weight excluding hydrogens is 666 g/mol. The van der Waals surface area contributed by atoms with Crippen LogP contribution in [0.15, 0.2) is 65.1 Å². The highest BCUT2D eigenvalue weighted by atomic mass is 19.3. The van der Waals surface area contributed by atoms with E-state index in [2.05, 4.69) is 49.1 Å². The highest BCUT2D eigenvalue weighted by molar-refractivity contribution is 5.84. The fraction of sp³-hybridized carbons (Fsp3) is 0.390. The van der Waals surface area contributed by atoms with Gasteiger partial charge in [0.05, 0.1) is 19.9 Å². The van der Waals surface area contributed by atoms with E-state index >= 15 is 0 Å². The molecule has 0 radical (unpaired) electrons. The molecule has 0 bridgehead atoms. The summed E-state index contributed by atoms with van der Waals surface area (Å²) in [7, 11) is 3.03. The molecule has 0 unspecified atom stereocenters. The monoisotopic (exact) mass is 710 g/mol. The smallest absolute Gasteiger partial charge is 0.387 e. The van der Waals surface area contributed by atoms with E-state index in [1.807, 2.05) is 30.0 Å². The van der Waals surface area contributed by atoms with Crippen LogP contribution < -0.4 is 9.47 Å². The summed E-state index contributed by atoms with van der Waals surface area (Å²) in [6.45, 7) is 7.24. The van der Waals surface area contributed by atoms with Crippen molar-refractivity contribution < 1.29 is 32.2 Å². The van der Waals surface area contributed by atoms with Crippen LogP contribution in [0.1, 0.15) is 48.4 Å². The number of likely N-dealkylation sites (tertiary alicyclic amines) is 2. The van der Waals surface area contributed by atoms with Gasteiger partial charge in [-0.1, -0.05) is 43.3 Å². The van der Waals surface area contributed by atoms with Gasteiger partial charge in [-0.05, 0) is 92.6 Å². The van der Waals surface area contributed by atoms with Crippen molar-refractivity contribution in [3.05, 3.63) is 82.9 Å². The van der Waals surface area contributed by atoms with Crippen molar-refractivity contribution in [3.8, 4) is 45.5 Å². The number of benzene rings is 3. The van der Waals surface area contributed by atoms with Gasteiger partial charge in [-0.2, -0.15) is 8.78 Å². The van der Waals surface area contributed by atoms with Gasteiger partial charge in [-0.3, -0.25) is 14.6 Å². The standard InChI is InChI=1S/C41H44F2N4O5/c1-24-16-18-46(21-24)22-27-14-15-33(44-38(27)49-4)31-11-6-9-29(25(31)2)30-10-7-12-32(26(30)3)39-45-34-19-28(36(52-41(42)43)20-37(34)51-39)23-47-17-8-13-35(47)40(48)50-5/h6-7,9-12,14-15,19-20,24,35,41H,8,13,16-18,21-23H2,1-5H3/t24-,35-/m0/s1. The maximum absolute atomic E-state index is 13.5. The average molecular weight is 711 g/mol. The van der Waals surface area contributed by atoms with Gasteiger partial charge < -0.3 is 18.6 Å². The Hall–Kier alpha value is -4.87. The van der Waals surface area contributed by atoms with Gasteiger partial charge in [0.2, 0.25) is 11.8 Å². The number of carbonyl (C=O) groups is 1. The van der Waals surface area contributed by atoms with Crippen LogP contribution in [0.2, 0.25) is 0 Å². The van der Waals surface area contributed by atoms with Crippen molar-refractivity contribution in [1.29, 1.82) is 0 Å². The lowest BCUT2D eigenvalue weighted by Crippen LogP contribution is -2.36. The number of methoxy groups -OCH3 is 2. The van der Waals surface area contributed by atoms with Gasteiger partial charge in [-0.15, -0.1) is 0 Å². The van der Waals surface area contributed by atoms with Crippen LogP contribution in [0.5, 0.6) is 11.6 Å². The van der Waals surface area contributed by atoms with Gasteiger partial charge in [0, 0.05) is 48.0 Å². The van der Waals surface area contributed by atoms with Gasteiger partial charge >= 0.3 is 12.6 Å². The van der Waals surface area contributed by atoms with E-state index in [0.717, 1.165) is 70.7 Å². The van der Waals surface area contributed by atoms with Crippen molar-refractivity contribution in [3.63, 3.8) is 0 Å². The first-order chi connectivity index (χ1) is 25.1. The molecule has 0 spiro atoms. The molecule has 2 aromatic heterocycles. The first-order valence-corrected chi connectivity index (χ1v) is 17.8. The highest BCUT2D eigenvalue weighted by Gasteiger charge is 2.32. The van der Waals surface area contributed by atoms with Crippen molar-refractivity contribution in [1.82, 2.24) is 19.8 Å². The molecule has 9 nitrogen and oxygen atoms in total. The van der Waals surface area contributed by atoms with Crippen molar-refractivity contribution in [2.75, 3.05) is 33.9 Å². The van der Waals surface area contributed by atoms with Crippen LogP contribution in [0.25, 0.3) is 44.9 Å². The van der Waals surface area contributed by atoms with Crippen LogP contribution in [0.4, 0.5) is 8.78 Å². The number of hydrogen-bond donors (Lipinski definition) is 0. The molecule has 0 N–H and O–H groups in total. The lowest BCUT2D eigenvalue weighted by Gasteiger charge is -2.23. The number of nitrogens with zero attached hydrogens (tertiary/aromatic N) is 4. The fourth-order valence-corrected chi connectivity index (χ4v) is 7.77. The molecule has 2 atom stereocenters. The Balaban J connectivity index is 1.20. The van der Waals surface area contributed by atoms with E-state index in [1.165, 1.54) is 19.6 Å². The number of ether oxygens (including phenoxy) is 3. The lowest BCUT2D eigenvalue weighted by atomic mass is 9.90.